The minimum absolute atomic E-state index is 0.104. The molecular formula is C15H13NO. The molecule has 1 unspecified atom stereocenters. The van der Waals surface area contributed by atoms with Crippen molar-refractivity contribution in [3.05, 3.63) is 71.3 Å². The standard InChI is InChI=1S/C15H13NO/c17-14-10-12-8-4-5-9-13(12)15(16-14)11-6-2-1-3-7-11/h1-9,15H,10H2,(H,16,17)/i15D. The van der Waals surface area contributed by atoms with Gasteiger partial charge in [0.25, 0.3) is 0 Å². The van der Waals surface area contributed by atoms with Crippen molar-refractivity contribution in [3.8, 4) is 0 Å². The van der Waals surface area contributed by atoms with E-state index in [0.29, 0.717) is 6.42 Å². The summed E-state index contributed by atoms with van der Waals surface area (Å²) >= 11 is 0. The van der Waals surface area contributed by atoms with Crippen molar-refractivity contribution in [2.45, 2.75) is 12.4 Å². The molecule has 0 spiro atoms. The second kappa shape index (κ2) is 4.06. The predicted octanol–water partition coefficient (Wildman–Crippen LogP) is 2.45. The monoisotopic (exact) mass is 224 g/mol. The molecule has 84 valence electrons. The highest BCUT2D eigenvalue weighted by molar-refractivity contribution is 5.82. The molecule has 2 aromatic carbocycles. The molecule has 0 aromatic heterocycles. The average Bonchev–Trinajstić information content (AvgIpc) is 2.39. The number of hydrogen-bond donors (Lipinski definition) is 1. The average molecular weight is 224 g/mol. The van der Waals surface area contributed by atoms with E-state index in [-0.39, 0.29) is 5.91 Å². The molecule has 17 heavy (non-hydrogen) atoms. The smallest absolute Gasteiger partial charge is 0.225 e. The van der Waals surface area contributed by atoms with Crippen molar-refractivity contribution >= 4 is 5.91 Å². The lowest BCUT2D eigenvalue weighted by Gasteiger charge is -2.26. The van der Waals surface area contributed by atoms with Crippen molar-refractivity contribution in [1.29, 1.82) is 0 Å². The molecule has 3 rings (SSSR count). The number of rotatable bonds is 1. The Morgan fingerprint density at radius 2 is 1.76 bits per heavy atom. The van der Waals surface area contributed by atoms with E-state index in [1.54, 1.807) is 0 Å². The molecule has 2 nitrogen and oxygen atoms in total. The van der Waals surface area contributed by atoms with Crippen LogP contribution in [0.1, 0.15) is 24.1 Å². The summed E-state index contributed by atoms with van der Waals surface area (Å²) in [7, 11) is 0. The Kier molecular flexibility index (Phi) is 2.15. The Labute approximate surface area is 102 Å². The number of benzene rings is 2. The van der Waals surface area contributed by atoms with E-state index in [1.807, 2.05) is 54.6 Å². The lowest BCUT2D eigenvalue weighted by atomic mass is 9.90. The zero-order chi connectivity index (χ0) is 12.6. The van der Waals surface area contributed by atoms with Crippen molar-refractivity contribution in [3.63, 3.8) is 0 Å². The topological polar surface area (TPSA) is 29.1 Å². The van der Waals surface area contributed by atoms with Gasteiger partial charge in [-0.1, -0.05) is 54.6 Å². The van der Waals surface area contributed by atoms with E-state index in [9.17, 15) is 4.79 Å². The van der Waals surface area contributed by atoms with Crippen LogP contribution in [0.5, 0.6) is 0 Å². The summed E-state index contributed by atoms with van der Waals surface area (Å²) in [5.41, 5.74) is 2.57. The van der Waals surface area contributed by atoms with Crippen molar-refractivity contribution in [1.82, 2.24) is 5.32 Å². The highest BCUT2D eigenvalue weighted by Crippen LogP contribution is 2.28. The Balaban J connectivity index is 2.21. The van der Waals surface area contributed by atoms with Gasteiger partial charge in [0.2, 0.25) is 5.91 Å². The number of nitrogens with one attached hydrogen (secondary N) is 1. The molecule has 1 aliphatic rings. The van der Waals surface area contributed by atoms with Crippen molar-refractivity contribution in [2.75, 3.05) is 0 Å². The summed E-state index contributed by atoms with van der Waals surface area (Å²) in [6, 6.07) is 15.9. The summed E-state index contributed by atoms with van der Waals surface area (Å²) in [4.78, 5) is 11.8. The summed E-state index contributed by atoms with van der Waals surface area (Å²) in [5, 5.41) is 2.79. The van der Waals surface area contributed by atoms with Crippen LogP contribution in [-0.2, 0) is 11.2 Å². The third-order valence-electron chi connectivity index (χ3n) is 2.96. The molecule has 0 radical (unpaired) electrons. The predicted molar refractivity (Wildman–Crippen MR) is 66.6 cm³/mol. The first-order chi connectivity index (χ1) is 8.70. The van der Waals surface area contributed by atoms with Crippen LogP contribution in [0.15, 0.2) is 54.6 Å². The molecule has 1 heterocycles. The van der Waals surface area contributed by atoms with Gasteiger partial charge in [0.15, 0.2) is 0 Å². The largest absolute Gasteiger partial charge is 0.345 e. The first kappa shape index (κ1) is 8.99. The molecule has 1 N–H and O–H groups in total. The van der Waals surface area contributed by atoms with Crippen LogP contribution in [-0.4, -0.2) is 5.91 Å². The molecule has 0 bridgehead atoms. The maximum Gasteiger partial charge on any atom is 0.225 e. The van der Waals surface area contributed by atoms with Crippen LogP contribution in [0.2, 0.25) is 0 Å². The molecular weight excluding hydrogens is 210 g/mol. The fraction of sp³-hybridized carbons (Fsp3) is 0.133. The van der Waals surface area contributed by atoms with Gasteiger partial charge >= 0.3 is 0 Å². The summed E-state index contributed by atoms with van der Waals surface area (Å²) in [6.45, 7) is 0. The lowest BCUT2D eigenvalue weighted by Crippen LogP contribution is -2.35. The van der Waals surface area contributed by atoms with E-state index in [1.165, 1.54) is 0 Å². The zero-order valence-corrected chi connectivity index (χ0v) is 9.31. The van der Waals surface area contributed by atoms with Gasteiger partial charge in [-0.3, -0.25) is 4.79 Å². The quantitative estimate of drug-likeness (QED) is 0.792. The molecule has 0 saturated heterocycles. The highest BCUT2D eigenvalue weighted by Gasteiger charge is 2.24. The van der Waals surface area contributed by atoms with Crippen LogP contribution in [0, 0.1) is 0 Å². The number of fused-ring (bicyclic) bond motifs is 1. The van der Waals surface area contributed by atoms with Crippen LogP contribution in [0.3, 0.4) is 0 Å². The normalized spacial score (nSPS) is 23.5. The van der Waals surface area contributed by atoms with E-state index in [0.717, 1.165) is 16.7 Å². The van der Waals surface area contributed by atoms with E-state index in [2.05, 4.69) is 5.32 Å². The summed E-state index contributed by atoms with van der Waals surface area (Å²) in [6.07, 6.45) is 0.351. The minimum atomic E-state index is -1.17. The summed E-state index contributed by atoms with van der Waals surface area (Å²) in [5.74, 6) is -0.104. The second-order valence-electron chi connectivity index (χ2n) is 4.12. The lowest BCUT2D eigenvalue weighted by molar-refractivity contribution is -0.121. The van der Waals surface area contributed by atoms with Crippen LogP contribution >= 0.6 is 0 Å². The summed E-state index contributed by atoms with van der Waals surface area (Å²) < 4.78 is 8.64. The van der Waals surface area contributed by atoms with E-state index in [4.69, 9.17) is 1.37 Å². The molecule has 2 heteroatoms. The SMILES string of the molecule is [2H]C1(c2ccccc2)NC(=O)Cc2ccccc21. The van der Waals surface area contributed by atoms with Gasteiger partial charge in [0.05, 0.1) is 13.8 Å². The van der Waals surface area contributed by atoms with Crippen molar-refractivity contribution < 1.29 is 6.17 Å². The van der Waals surface area contributed by atoms with Gasteiger partial charge in [0, 0.05) is 0 Å². The third kappa shape index (κ3) is 1.82. The van der Waals surface area contributed by atoms with E-state index < -0.39 is 6.02 Å². The third-order valence-corrected chi connectivity index (χ3v) is 2.96. The number of hydrogen-bond acceptors (Lipinski definition) is 1. The number of carbonyl (C=O) groups excluding carboxylic acids is 1. The van der Waals surface area contributed by atoms with Gasteiger partial charge in [0.1, 0.15) is 0 Å². The van der Waals surface area contributed by atoms with E-state index >= 15 is 0 Å². The molecule has 1 amide bonds. The number of carbonyl (C=O) groups is 1. The maximum absolute atomic E-state index is 11.8. The first-order valence-electron chi connectivity index (χ1n) is 6.15. The van der Waals surface area contributed by atoms with Crippen LogP contribution in [0.4, 0.5) is 0 Å². The van der Waals surface area contributed by atoms with Gasteiger partial charge in [-0.15, -0.1) is 0 Å². The Bertz CT molecular complexity index is 596. The Morgan fingerprint density at radius 1 is 1.06 bits per heavy atom. The minimum Gasteiger partial charge on any atom is -0.345 e. The first-order valence-corrected chi connectivity index (χ1v) is 5.65. The van der Waals surface area contributed by atoms with Gasteiger partial charge in [-0.05, 0) is 16.7 Å². The van der Waals surface area contributed by atoms with Crippen LogP contribution in [0.25, 0.3) is 0 Å². The highest BCUT2D eigenvalue weighted by atomic mass is 16.1. The molecule has 0 aliphatic carbocycles. The molecule has 1 aliphatic heterocycles. The fourth-order valence-electron chi connectivity index (χ4n) is 2.17. The fourth-order valence-corrected chi connectivity index (χ4v) is 2.17. The molecule has 0 fully saturated rings. The maximum atomic E-state index is 11.8. The van der Waals surface area contributed by atoms with Gasteiger partial charge in [-0.25, -0.2) is 0 Å². The Morgan fingerprint density at radius 3 is 2.59 bits per heavy atom. The molecule has 1 atom stereocenters. The Hall–Kier alpha value is -2.09. The molecule has 0 saturated carbocycles. The zero-order valence-electron chi connectivity index (χ0n) is 10.3. The van der Waals surface area contributed by atoms with Gasteiger partial charge in [-0.2, -0.15) is 0 Å². The second-order valence-corrected chi connectivity index (χ2v) is 4.12. The molecule has 2 aromatic rings. The van der Waals surface area contributed by atoms with Crippen LogP contribution < -0.4 is 5.32 Å². The van der Waals surface area contributed by atoms with Gasteiger partial charge < -0.3 is 5.32 Å². The van der Waals surface area contributed by atoms with Crippen molar-refractivity contribution in [2.24, 2.45) is 0 Å². The number of amides is 1.